The zero-order valence-electron chi connectivity index (χ0n) is 16.4. The number of hydrogen-bond acceptors (Lipinski definition) is 4. The van der Waals surface area contributed by atoms with E-state index in [9.17, 15) is 9.59 Å². The molecule has 1 aromatic rings. The van der Waals surface area contributed by atoms with Crippen LogP contribution in [-0.4, -0.2) is 62.4 Å². The van der Waals surface area contributed by atoms with Gasteiger partial charge in [-0.3, -0.25) is 0 Å². The second kappa shape index (κ2) is 11.3. The number of carbonyl (C=O) groups is 2. The summed E-state index contributed by atoms with van der Waals surface area (Å²) in [5.74, 6) is 0. The van der Waals surface area contributed by atoms with Gasteiger partial charge in [-0.05, 0) is 45.2 Å². The molecule has 1 aliphatic rings. The lowest BCUT2D eigenvalue weighted by molar-refractivity contribution is 0.0957. The van der Waals surface area contributed by atoms with Gasteiger partial charge in [0.05, 0.1) is 6.61 Å². The van der Waals surface area contributed by atoms with Gasteiger partial charge in [0.2, 0.25) is 0 Å². The summed E-state index contributed by atoms with van der Waals surface area (Å²) in [6.07, 6.45) is 2.13. The first-order valence-corrected chi connectivity index (χ1v) is 9.90. The van der Waals surface area contributed by atoms with Crippen LogP contribution in [0.2, 0.25) is 0 Å². The van der Waals surface area contributed by atoms with E-state index in [0.29, 0.717) is 26.2 Å². The monoisotopic (exact) mass is 376 g/mol. The zero-order chi connectivity index (χ0) is 19.5. The molecule has 3 amide bonds. The number of para-hydroxylation sites is 1. The van der Waals surface area contributed by atoms with Crippen LogP contribution in [0, 0.1) is 0 Å². The normalized spacial score (nSPS) is 14.5. The molecule has 0 radical (unpaired) electrons. The first kappa shape index (κ1) is 20.9. The molecule has 0 aromatic heterocycles. The molecule has 1 saturated heterocycles. The van der Waals surface area contributed by atoms with Gasteiger partial charge in [0.25, 0.3) is 0 Å². The number of anilines is 1. The number of ether oxygens (including phenoxy) is 1. The Balaban J connectivity index is 1.61. The lowest BCUT2D eigenvalue weighted by Crippen LogP contribution is -2.49. The second-order valence-corrected chi connectivity index (χ2v) is 6.63. The molecule has 0 spiro atoms. The SMILES string of the molecule is CCOC(=O)N1CCC(NC(=O)NCCCN(CC)c2ccccc2)CC1. The average molecular weight is 377 g/mol. The summed E-state index contributed by atoms with van der Waals surface area (Å²) in [7, 11) is 0. The molecular weight excluding hydrogens is 344 g/mol. The summed E-state index contributed by atoms with van der Waals surface area (Å²) >= 11 is 0. The van der Waals surface area contributed by atoms with Crippen LogP contribution in [0.25, 0.3) is 0 Å². The fourth-order valence-electron chi connectivity index (χ4n) is 3.24. The molecule has 1 aliphatic heterocycles. The highest BCUT2D eigenvalue weighted by Gasteiger charge is 2.24. The predicted octanol–water partition coefficient (Wildman–Crippen LogP) is 2.82. The number of rotatable bonds is 8. The Bertz CT molecular complexity index is 574. The third-order valence-corrected chi connectivity index (χ3v) is 4.75. The summed E-state index contributed by atoms with van der Waals surface area (Å²) in [6, 6.07) is 10.3. The van der Waals surface area contributed by atoms with E-state index in [1.54, 1.807) is 11.8 Å². The van der Waals surface area contributed by atoms with Crippen LogP contribution in [0.3, 0.4) is 0 Å². The van der Waals surface area contributed by atoms with Gasteiger partial charge in [0.15, 0.2) is 0 Å². The smallest absolute Gasteiger partial charge is 0.409 e. The lowest BCUT2D eigenvalue weighted by atomic mass is 10.1. The van der Waals surface area contributed by atoms with Gasteiger partial charge < -0.3 is 25.2 Å². The van der Waals surface area contributed by atoms with Crippen LogP contribution in [0.5, 0.6) is 0 Å². The minimum atomic E-state index is -0.265. The van der Waals surface area contributed by atoms with Crippen molar-refractivity contribution in [2.24, 2.45) is 0 Å². The van der Waals surface area contributed by atoms with E-state index < -0.39 is 0 Å². The molecule has 0 atom stereocenters. The van der Waals surface area contributed by atoms with Gasteiger partial charge in [-0.1, -0.05) is 18.2 Å². The third kappa shape index (κ3) is 7.00. The van der Waals surface area contributed by atoms with E-state index in [4.69, 9.17) is 4.74 Å². The zero-order valence-corrected chi connectivity index (χ0v) is 16.4. The van der Waals surface area contributed by atoms with Crippen LogP contribution in [0.15, 0.2) is 30.3 Å². The molecule has 150 valence electrons. The summed E-state index contributed by atoms with van der Waals surface area (Å²) in [5.41, 5.74) is 1.21. The number of hydrogen-bond donors (Lipinski definition) is 2. The van der Waals surface area contributed by atoms with Gasteiger partial charge in [-0.25, -0.2) is 9.59 Å². The van der Waals surface area contributed by atoms with Crippen LogP contribution in [-0.2, 0) is 4.74 Å². The molecule has 1 fully saturated rings. The quantitative estimate of drug-likeness (QED) is 0.684. The van der Waals surface area contributed by atoms with E-state index >= 15 is 0 Å². The second-order valence-electron chi connectivity index (χ2n) is 6.63. The highest BCUT2D eigenvalue weighted by Crippen LogP contribution is 2.13. The topological polar surface area (TPSA) is 73.9 Å². The van der Waals surface area contributed by atoms with Crippen molar-refractivity contribution in [2.45, 2.75) is 39.2 Å². The third-order valence-electron chi connectivity index (χ3n) is 4.75. The Morgan fingerprint density at radius 3 is 2.52 bits per heavy atom. The molecule has 7 heteroatoms. The van der Waals surface area contributed by atoms with Crippen molar-refractivity contribution in [1.29, 1.82) is 0 Å². The van der Waals surface area contributed by atoms with E-state index in [2.05, 4.69) is 34.6 Å². The highest BCUT2D eigenvalue weighted by molar-refractivity contribution is 5.74. The molecule has 2 N–H and O–H groups in total. The minimum Gasteiger partial charge on any atom is -0.450 e. The number of nitrogens with zero attached hydrogens (tertiary/aromatic N) is 2. The van der Waals surface area contributed by atoms with E-state index in [1.807, 2.05) is 18.2 Å². The molecular formula is C20H32N4O3. The van der Waals surface area contributed by atoms with Crippen molar-refractivity contribution in [3.8, 4) is 0 Å². The van der Waals surface area contributed by atoms with Gasteiger partial charge in [0, 0.05) is 44.5 Å². The maximum absolute atomic E-state index is 12.1. The molecule has 0 saturated carbocycles. The van der Waals surface area contributed by atoms with Gasteiger partial charge >= 0.3 is 12.1 Å². The van der Waals surface area contributed by atoms with E-state index in [1.165, 1.54) is 5.69 Å². The molecule has 2 rings (SSSR count). The first-order chi connectivity index (χ1) is 13.1. The number of carbonyl (C=O) groups excluding carboxylic acids is 2. The van der Waals surface area contributed by atoms with Crippen LogP contribution < -0.4 is 15.5 Å². The largest absolute Gasteiger partial charge is 0.450 e. The minimum absolute atomic E-state index is 0.104. The lowest BCUT2D eigenvalue weighted by Gasteiger charge is -2.31. The summed E-state index contributed by atoms with van der Waals surface area (Å²) in [5, 5.41) is 5.93. The number of likely N-dealkylation sites (tertiary alicyclic amines) is 1. The fraction of sp³-hybridized carbons (Fsp3) is 0.600. The summed E-state index contributed by atoms with van der Waals surface area (Å²) in [6.45, 7) is 8.04. The van der Waals surface area contributed by atoms with E-state index in [0.717, 1.165) is 32.4 Å². The standard InChI is InChI=1S/C20H32N4O3/c1-3-23(18-9-6-5-7-10-18)14-8-13-21-19(25)22-17-11-15-24(16-12-17)20(26)27-4-2/h5-7,9-10,17H,3-4,8,11-16H2,1-2H3,(H2,21,22,25). The molecule has 0 aliphatic carbocycles. The van der Waals surface area contributed by atoms with Gasteiger partial charge in [0.1, 0.15) is 0 Å². The molecule has 0 unspecified atom stereocenters. The van der Waals surface area contributed by atoms with Gasteiger partial charge in [-0.2, -0.15) is 0 Å². The Labute approximate surface area is 162 Å². The highest BCUT2D eigenvalue weighted by atomic mass is 16.6. The summed E-state index contributed by atoms with van der Waals surface area (Å²) in [4.78, 5) is 27.7. The number of urea groups is 1. The predicted molar refractivity (Wildman–Crippen MR) is 107 cm³/mol. The number of piperidine rings is 1. The Morgan fingerprint density at radius 2 is 1.89 bits per heavy atom. The molecule has 1 aromatic carbocycles. The van der Waals surface area contributed by atoms with Crippen LogP contribution in [0.1, 0.15) is 33.1 Å². The van der Waals surface area contributed by atoms with Crippen molar-refractivity contribution in [1.82, 2.24) is 15.5 Å². The fourth-order valence-corrected chi connectivity index (χ4v) is 3.24. The average Bonchev–Trinajstić information content (AvgIpc) is 2.69. The Hall–Kier alpha value is -2.44. The molecule has 1 heterocycles. The molecule has 7 nitrogen and oxygen atoms in total. The van der Waals surface area contributed by atoms with E-state index in [-0.39, 0.29) is 18.2 Å². The molecule has 27 heavy (non-hydrogen) atoms. The number of nitrogens with one attached hydrogen (secondary N) is 2. The maximum Gasteiger partial charge on any atom is 0.409 e. The Morgan fingerprint density at radius 1 is 1.19 bits per heavy atom. The van der Waals surface area contributed by atoms with Crippen molar-refractivity contribution in [2.75, 3.05) is 44.2 Å². The maximum atomic E-state index is 12.1. The summed E-state index contributed by atoms with van der Waals surface area (Å²) < 4.78 is 5.01. The van der Waals surface area contributed by atoms with Crippen molar-refractivity contribution >= 4 is 17.8 Å². The number of benzene rings is 1. The van der Waals surface area contributed by atoms with Crippen molar-refractivity contribution in [3.63, 3.8) is 0 Å². The van der Waals surface area contributed by atoms with Crippen LogP contribution in [0.4, 0.5) is 15.3 Å². The Kier molecular flexibility index (Phi) is 8.74. The number of amides is 3. The first-order valence-electron chi connectivity index (χ1n) is 9.90. The van der Waals surface area contributed by atoms with Crippen molar-refractivity contribution in [3.05, 3.63) is 30.3 Å². The van der Waals surface area contributed by atoms with Gasteiger partial charge in [-0.15, -0.1) is 0 Å². The van der Waals surface area contributed by atoms with Crippen LogP contribution >= 0.6 is 0 Å². The molecule has 0 bridgehead atoms. The van der Waals surface area contributed by atoms with Crippen molar-refractivity contribution < 1.29 is 14.3 Å².